The molecule has 0 saturated carbocycles. The Morgan fingerprint density at radius 3 is 2.55 bits per heavy atom. The van der Waals surface area contributed by atoms with E-state index in [9.17, 15) is 4.79 Å². The third-order valence-electron chi connectivity index (χ3n) is 3.43. The maximum Gasteiger partial charge on any atom is 0.255 e. The normalized spacial score (nSPS) is 12.3. The summed E-state index contributed by atoms with van der Waals surface area (Å²) in [5.41, 5.74) is 0.556. The van der Waals surface area contributed by atoms with Crippen LogP contribution in [0.15, 0.2) is 22.7 Å². The van der Waals surface area contributed by atoms with Crippen molar-refractivity contribution < 1.29 is 9.53 Å². The maximum atomic E-state index is 12.2. The standard InChI is InChI=1S/C15H21Br2NO2/c1-4-10(5-2)13(17)9-18-15(19)12-7-6-11(16)8-14(12)20-3/h6-8,10,13H,4-5,9H2,1-3H3,(H,18,19). The largest absolute Gasteiger partial charge is 0.496 e. The second kappa shape index (κ2) is 8.67. The van der Waals surface area contributed by atoms with Gasteiger partial charge in [0.2, 0.25) is 0 Å². The third-order valence-corrected chi connectivity index (χ3v) is 4.99. The first-order valence-electron chi connectivity index (χ1n) is 6.79. The van der Waals surface area contributed by atoms with Gasteiger partial charge in [-0.25, -0.2) is 0 Å². The molecule has 0 bridgehead atoms. The van der Waals surface area contributed by atoms with Gasteiger partial charge < -0.3 is 10.1 Å². The van der Waals surface area contributed by atoms with Gasteiger partial charge in [-0.1, -0.05) is 58.5 Å². The van der Waals surface area contributed by atoms with Crippen LogP contribution in [0.3, 0.4) is 0 Å². The average Bonchev–Trinajstić information content (AvgIpc) is 2.45. The van der Waals surface area contributed by atoms with E-state index in [0.717, 1.165) is 17.3 Å². The maximum absolute atomic E-state index is 12.2. The Balaban J connectivity index is 2.68. The number of hydrogen-bond donors (Lipinski definition) is 1. The molecule has 1 aromatic carbocycles. The number of carbonyl (C=O) groups is 1. The highest BCUT2D eigenvalue weighted by Gasteiger charge is 2.18. The van der Waals surface area contributed by atoms with Crippen molar-refractivity contribution in [3.05, 3.63) is 28.2 Å². The summed E-state index contributed by atoms with van der Waals surface area (Å²) in [7, 11) is 1.57. The van der Waals surface area contributed by atoms with Crippen molar-refractivity contribution >= 4 is 37.8 Å². The van der Waals surface area contributed by atoms with Crippen LogP contribution in [-0.2, 0) is 0 Å². The van der Waals surface area contributed by atoms with Gasteiger partial charge in [-0.3, -0.25) is 4.79 Å². The zero-order valence-electron chi connectivity index (χ0n) is 12.1. The van der Waals surface area contributed by atoms with Crippen LogP contribution in [0.25, 0.3) is 0 Å². The van der Waals surface area contributed by atoms with Gasteiger partial charge in [-0.2, -0.15) is 0 Å². The number of halogens is 2. The Hall–Kier alpha value is -0.550. The molecule has 0 aliphatic heterocycles. The summed E-state index contributed by atoms with van der Waals surface area (Å²) < 4.78 is 6.13. The summed E-state index contributed by atoms with van der Waals surface area (Å²) >= 11 is 7.03. The van der Waals surface area contributed by atoms with E-state index in [1.807, 2.05) is 6.07 Å². The molecule has 0 saturated heterocycles. The van der Waals surface area contributed by atoms with Crippen molar-refractivity contribution in [3.63, 3.8) is 0 Å². The molecule has 0 fully saturated rings. The van der Waals surface area contributed by atoms with Crippen LogP contribution < -0.4 is 10.1 Å². The molecule has 1 rings (SSSR count). The third kappa shape index (κ3) is 4.77. The van der Waals surface area contributed by atoms with Gasteiger partial charge in [0.05, 0.1) is 12.7 Å². The highest BCUT2D eigenvalue weighted by Crippen LogP contribution is 2.24. The quantitative estimate of drug-likeness (QED) is 0.682. The lowest BCUT2D eigenvalue weighted by atomic mass is 9.99. The van der Waals surface area contributed by atoms with E-state index >= 15 is 0 Å². The van der Waals surface area contributed by atoms with Gasteiger partial charge in [-0.15, -0.1) is 0 Å². The minimum absolute atomic E-state index is 0.107. The van der Waals surface area contributed by atoms with Gasteiger partial charge in [0, 0.05) is 15.8 Å². The first-order chi connectivity index (χ1) is 9.53. The molecule has 20 heavy (non-hydrogen) atoms. The predicted molar refractivity (Wildman–Crippen MR) is 89.8 cm³/mol. The Bertz CT molecular complexity index is 447. The molecule has 1 aromatic rings. The van der Waals surface area contributed by atoms with Crippen LogP contribution in [0.5, 0.6) is 5.75 Å². The van der Waals surface area contributed by atoms with Crippen LogP contribution in [-0.4, -0.2) is 24.4 Å². The molecular formula is C15H21Br2NO2. The van der Waals surface area contributed by atoms with E-state index in [4.69, 9.17) is 4.74 Å². The van der Waals surface area contributed by atoms with Crippen LogP contribution in [0, 0.1) is 5.92 Å². The predicted octanol–water partition coefficient (Wildman–Crippen LogP) is 4.39. The summed E-state index contributed by atoms with van der Waals surface area (Å²) in [5, 5.41) is 2.96. The highest BCUT2D eigenvalue weighted by molar-refractivity contribution is 9.10. The van der Waals surface area contributed by atoms with Crippen LogP contribution in [0.1, 0.15) is 37.0 Å². The zero-order chi connectivity index (χ0) is 15.1. The van der Waals surface area contributed by atoms with Gasteiger partial charge >= 0.3 is 0 Å². The smallest absolute Gasteiger partial charge is 0.255 e. The second-order valence-corrected chi connectivity index (χ2v) is 6.74. The zero-order valence-corrected chi connectivity index (χ0v) is 15.3. The van der Waals surface area contributed by atoms with Gasteiger partial charge in [-0.05, 0) is 24.1 Å². The molecule has 0 radical (unpaired) electrons. The van der Waals surface area contributed by atoms with E-state index in [2.05, 4.69) is 51.0 Å². The number of hydrogen-bond acceptors (Lipinski definition) is 2. The Morgan fingerprint density at radius 2 is 2.00 bits per heavy atom. The second-order valence-electron chi connectivity index (χ2n) is 4.65. The summed E-state index contributed by atoms with van der Waals surface area (Å²) in [6.45, 7) is 4.95. The fourth-order valence-electron chi connectivity index (χ4n) is 2.10. The number of nitrogens with one attached hydrogen (secondary N) is 1. The van der Waals surface area contributed by atoms with Crippen LogP contribution >= 0.6 is 31.9 Å². The van der Waals surface area contributed by atoms with Crippen molar-refractivity contribution in [2.24, 2.45) is 5.92 Å². The van der Waals surface area contributed by atoms with E-state index in [0.29, 0.717) is 28.6 Å². The Kier molecular flexibility index (Phi) is 7.59. The molecule has 5 heteroatoms. The lowest BCUT2D eigenvalue weighted by Crippen LogP contribution is -2.33. The number of alkyl halides is 1. The van der Waals surface area contributed by atoms with E-state index in [-0.39, 0.29) is 5.91 Å². The number of carbonyl (C=O) groups excluding carboxylic acids is 1. The van der Waals surface area contributed by atoms with E-state index in [1.165, 1.54) is 0 Å². The average molecular weight is 407 g/mol. The molecule has 0 heterocycles. The lowest BCUT2D eigenvalue weighted by Gasteiger charge is -2.20. The molecule has 3 nitrogen and oxygen atoms in total. The Morgan fingerprint density at radius 1 is 1.35 bits per heavy atom. The van der Waals surface area contributed by atoms with Crippen LogP contribution in [0.4, 0.5) is 0 Å². The van der Waals surface area contributed by atoms with Crippen molar-refractivity contribution in [3.8, 4) is 5.75 Å². The van der Waals surface area contributed by atoms with Gasteiger partial charge in [0.15, 0.2) is 0 Å². The fourth-order valence-corrected chi connectivity index (χ4v) is 3.35. The van der Waals surface area contributed by atoms with Crippen molar-refractivity contribution in [1.29, 1.82) is 0 Å². The van der Waals surface area contributed by atoms with E-state index in [1.54, 1.807) is 19.2 Å². The molecule has 0 aromatic heterocycles. The number of methoxy groups -OCH3 is 1. The number of benzene rings is 1. The minimum Gasteiger partial charge on any atom is -0.496 e. The fraction of sp³-hybridized carbons (Fsp3) is 0.533. The number of ether oxygens (including phenoxy) is 1. The van der Waals surface area contributed by atoms with Crippen molar-refractivity contribution in [1.82, 2.24) is 5.32 Å². The number of rotatable bonds is 7. The molecule has 0 spiro atoms. The summed E-state index contributed by atoms with van der Waals surface area (Å²) in [6, 6.07) is 5.39. The minimum atomic E-state index is -0.107. The monoisotopic (exact) mass is 405 g/mol. The molecule has 112 valence electrons. The Labute approximate surface area is 137 Å². The molecule has 1 N–H and O–H groups in total. The van der Waals surface area contributed by atoms with Crippen molar-refractivity contribution in [2.45, 2.75) is 31.5 Å². The van der Waals surface area contributed by atoms with E-state index < -0.39 is 0 Å². The molecule has 0 aliphatic carbocycles. The topological polar surface area (TPSA) is 38.3 Å². The number of amides is 1. The molecule has 1 atom stereocenters. The van der Waals surface area contributed by atoms with Gasteiger partial charge in [0.25, 0.3) is 5.91 Å². The summed E-state index contributed by atoms with van der Waals surface area (Å²) in [4.78, 5) is 12.5. The first kappa shape index (κ1) is 17.5. The lowest BCUT2D eigenvalue weighted by molar-refractivity contribution is 0.0949. The van der Waals surface area contributed by atoms with Crippen molar-refractivity contribution in [2.75, 3.05) is 13.7 Å². The molecule has 0 aliphatic rings. The summed E-state index contributed by atoms with van der Waals surface area (Å²) in [6.07, 6.45) is 2.20. The molecule has 1 amide bonds. The molecular weight excluding hydrogens is 386 g/mol. The van der Waals surface area contributed by atoms with Crippen LogP contribution in [0.2, 0.25) is 0 Å². The first-order valence-corrected chi connectivity index (χ1v) is 8.50. The molecule has 1 unspecified atom stereocenters. The SMILES string of the molecule is CCC(CC)C(Br)CNC(=O)c1ccc(Br)cc1OC. The van der Waals surface area contributed by atoms with Gasteiger partial charge in [0.1, 0.15) is 5.75 Å². The summed E-state index contributed by atoms with van der Waals surface area (Å²) in [5.74, 6) is 1.04. The highest BCUT2D eigenvalue weighted by atomic mass is 79.9.